The van der Waals surface area contributed by atoms with Gasteiger partial charge in [0.1, 0.15) is 5.76 Å². The van der Waals surface area contributed by atoms with Gasteiger partial charge in [-0.15, -0.1) is 0 Å². The molecule has 4 rings (SSSR count). The Morgan fingerprint density at radius 2 is 2.00 bits per heavy atom. The Morgan fingerprint density at radius 1 is 1.20 bits per heavy atom. The number of aliphatic hydroxyl groups is 1. The number of rotatable bonds is 1. The molecule has 1 fully saturated rings. The lowest BCUT2D eigenvalue weighted by Gasteiger charge is -2.32. The Kier molecular flexibility index (Phi) is 2.13. The average molecular weight is 267 g/mol. The molecular weight excluding hydrogens is 254 g/mol. The molecular formula is C16H13NO3. The van der Waals surface area contributed by atoms with Crippen molar-refractivity contribution in [2.75, 3.05) is 7.11 Å². The summed E-state index contributed by atoms with van der Waals surface area (Å²) in [5.74, 6) is 0.0719. The van der Waals surface area contributed by atoms with Crippen molar-refractivity contribution in [3.63, 3.8) is 0 Å². The van der Waals surface area contributed by atoms with Gasteiger partial charge in [0.05, 0.1) is 13.0 Å². The highest BCUT2D eigenvalue weighted by molar-refractivity contribution is 6.02. The number of nitrogens with one attached hydrogen (secondary N) is 1. The van der Waals surface area contributed by atoms with Crippen LogP contribution in [-0.2, 0) is 9.53 Å². The molecule has 4 heteroatoms. The molecule has 0 bridgehead atoms. The maximum absolute atomic E-state index is 12.1. The summed E-state index contributed by atoms with van der Waals surface area (Å²) in [6.07, 6.45) is 3.63. The zero-order valence-corrected chi connectivity index (χ0v) is 10.9. The van der Waals surface area contributed by atoms with Crippen LogP contribution in [0.3, 0.4) is 0 Å². The van der Waals surface area contributed by atoms with Crippen LogP contribution >= 0.6 is 0 Å². The van der Waals surface area contributed by atoms with Crippen molar-refractivity contribution in [1.82, 2.24) is 5.32 Å². The SMILES string of the molecule is COC1=C(O)C2c3ccccc3C=C3NC(=O)C(=C1)C32. The zero-order valence-electron chi connectivity index (χ0n) is 10.9. The molecule has 4 nitrogen and oxygen atoms in total. The molecule has 0 radical (unpaired) electrons. The van der Waals surface area contributed by atoms with Gasteiger partial charge in [-0.2, -0.15) is 0 Å². The third-order valence-electron chi connectivity index (χ3n) is 4.22. The minimum Gasteiger partial charge on any atom is -0.508 e. The second-order valence-electron chi connectivity index (χ2n) is 5.19. The van der Waals surface area contributed by atoms with Crippen LogP contribution in [0.1, 0.15) is 17.0 Å². The van der Waals surface area contributed by atoms with Crippen LogP contribution in [-0.4, -0.2) is 18.1 Å². The maximum Gasteiger partial charge on any atom is 0.252 e. The van der Waals surface area contributed by atoms with E-state index in [0.29, 0.717) is 11.3 Å². The first-order valence-electron chi connectivity index (χ1n) is 6.51. The van der Waals surface area contributed by atoms with Crippen molar-refractivity contribution in [3.05, 3.63) is 64.3 Å². The summed E-state index contributed by atoms with van der Waals surface area (Å²) in [7, 11) is 1.50. The standard InChI is InChI=1S/C16H13NO3/c1-20-12-7-10-13-11(17-16(10)19)6-8-4-2-3-5-9(8)14(13)15(12)18/h2-7,13-14,18H,1H3,(H,17,19). The number of benzene rings is 1. The fourth-order valence-electron chi connectivity index (χ4n) is 3.34. The van der Waals surface area contributed by atoms with Crippen LogP contribution < -0.4 is 5.32 Å². The molecule has 0 aromatic heterocycles. The van der Waals surface area contributed by atoms with E-state index in [2.05, 4.69) is 5.32 Å². The lowest BCUT2D eigenvalue weighted by molar-refractivity contribution is -0.116. The Labute approximate surface area is 116 Å². The highest BCUT2D eigenvalue weighted by atomic mass is 16.5. The molecule has 2 unspecified atom stereocenters. The molecule has 1 amide bonds. The molecule has 2 atom stereocenters. The quantitative estimate of drug-likeness (QED) is 0.820. The Bertz CT molecular complexity index is 727. The number of aliphatic hydroxyl groups excluding tert-OH is 1. The number of carbonyl (C=O) groups excluding carboxylic acids is 1. The van der Waals surface area contributed by atoms with E-state index in [4.69, 9.17) is 4.74 Å². The Hall–Kier alpha value is -2.49. The van der Waals surface area contributed by atoms with E-state index in [1.165, 1.54) is 7.11 Å². The molecule has 0 spiro atoms. The predicted molar refractivity (Wildman–Crippen MR) is 73.5 cm³/mol. The van der Waals surface area contributed by atoms with Gasteiger partial charge < -0.3 is 15.2 Å². The highest BCUT2D eigenvalue weighted by Crippen LogP contribution is 2.50. The molecule has 100 valence electrons. The van der Waals surface area contributed by atoms with Gasteiger partial charge >= 0.3 is 0 Å². The zero-order chi connectivity index (χ0) is 13.9. The first-order chi connectivity index (χ1) is 9.70. The molecule has 1 aromatic rings. The van der Waals surface area contributed by atoms with Gasteiger partial charge in [0.25, 0.3) is 5.91 Å². The van der Waals surface area contributed by atoms with E-state index in [-0.39, 0.29) is 23.5 Å². The monoisotopic (exact) mass is 267 g/mol. The van der Waals surface area contributed by atoms with E-state index in [1.807, 2.05) is 30.3 Å². The largest absolute Gasteiger partial charge is 0.508 e. The number of carbonyl (C=O) groups is 1. The Morgan fingerprint density at radius 3 is 2.80 bits per heavy atom. The number of amides is 1. The van der Waals surface area contributed by atoms with Crippen molar-refractivity contribution in [3.8, 4) is 0 Å². The third-order valence-corrected chi connectivity index (χ3v) is 4.22. The number of fused-ring (bicyclic) bond motifs is 2. The van der Waals surface area contributed by atoms with Crippen LogP contribution in [0.15, 0.2) is 53.1 Å². The lowest BCUT2D eigenvalue weighted by Crippen LogP contribution is -2.25. The number of hydrogen-bond donors (Lipinski definition) is 2. The van der Waals surface area contributed by atoms with Crippen LogP contribution in [0.2, 0.25) is 0 Å². The van der Waals surface area contributed by atoms with Crippen LogP contribution in [0.4, 0.5) is 0 Å². The van der Waals surface area contributed by atoms with Gasteiger partial charge in [0.15, 0.2) is 5.76 Å². The van der Waals surface area contributed by atoms with Crippen LogP contribution in [0.25, 0.3) is 6.08 Å². The van der Waals surface area contributed by atoms with Gasteiger partial charge in [0, 0.05) is 17.2 Å². The molecule has 1 aromatic carbocycles. The molecule has 1 heterocycles. The fourth-order valence-corrected chi connectivity index (χ4v) is 3.34. The molecule has 2 aliphatic carbocycles. The summed E-state index contributed by atoms with van der Waals surface area (Å²) >= 11 is 0. The second-order valence-corrected chi connectivity index (χ2v) is 5.19. The van der Waals surface area contributed by atoms with E-state index < -0.39 is 0 Å². The highest BCUT2D eigenvalue weighted by Gasteiger charge is 2.47. The van der Waals surface area contributed by atoms with Crippen molar-refractivity contribution in [1.29, 1.82) is 0 Å². The van der Waals surface area contributed by atoms with Crippen molar-refractivity contribution < 1.29 is 14.6 Å². The normalized spacial score (nSPS) is 26.4. The van der Waals surface area contributed by atoms with Gasteiger partial charge in [-0.05, 0) is 23.3 Å². The number of allylic oxidation sites excluding steroid dienone is 3. The fraction of sp³-hybridized carbons (Fsp3) is 0.188. The number of methoxy groups -OCH3 is 1. The van der Waals surface area contributed by atoms with Crippen LogP contribution in [0, 0.1) is 5.92 Å². The smallest absolute Gasteiger partial charge is 0.252 e. The second kappa shape index (κ2) is 3.76. The van der Waals surface area contributed by atoms with E-state index >= 15 is 0 Å². The molecule has 1 saturated heterocycles. The molecule has 2 N–H and O–H groups in total. The lowest BCUT2D eigenvalue weighted by atomic mass is 9.72. The summed E-state index contributed by atoms with van der Waals surface area (Å²) in [6.45, 7) is 0. The summed E-state index contributed by atoms with van der Waals surface area (Å²) in [4.78, 5) is 12.1. The first kappa shape index (κ1) is 11.3. The first-order valence-corrected chi connectivity index (χ1v) is 6.51. The summed E-state index contributed by atoms with van der Waals surface area (Å²) in [5, 5.41) is 13.4. The minimum atomic E-state index is -0.250. The van der Waals surface area contributed by atoms with Gasteiger partial charge in [-0.1, -0.05) is 24.3 Å². The molecule has 0 saturated carbocycles. The predicted octanol–water partition coefficient (Wildman–Crippen LogP) is 2.23. The Balaban J connectivity index is 2.01. The topological polar surface area (TPSA) is 58.6 Å². The number of hydrogen-bond acceptors (Lipinski definition) is 3. The third kappa shape index (κ3) is 1.28. The minimum absolute atomic E-state index is 0.110. The van der Waals surface area contributed by atoms with Crippen molar-refractivity contribution >= 4 is 12.0 Å². The van der Waals surface area contributed by atoms with Gasteiger partial charge in [0.2, 0.25) is 0 Å². The average Bonchev–Trinajstić information content (AvgIpc) is 2.77. The summed E-state index contributed by atoms with van der Waals surface area (Å²) < 4.78 is 5.22. The van der Waals surface area contributed by atoms with Crippen molar-refractivity contribution in [2.24, 2.45) is 5.92 Å². The summed E-state index contributed by atoms with van der Waals surface area (Å²) in [6, 6.07) is 7.87. The van der Waals surface area contributed by atoms with E-state index in [9.17, 15) is 9.90 Å². The summed E-state index contributed by atoms with van der Waals surface area (Å²) in [5.41, 5.74) is 3.56. The maximum atomic E-state index is 12.1. The molecule has 3 aliphatic rings. The number of ether oxygens (including phenoxy) is 1. The van der Waals surface area contributed by atoms with Gasteiger partial charge in [-0.25, -0.2) is 0 Å². The van der Waals surface area contributed by atoms with Gasteiger partial charge in [-0.3, -0.25) is 4.79 Å². The van der Waals surface area contributed by atoms with Crippen molar-refractivity contribution in [2.45, 2.75) is 5.92 Å². The van der Waals surface area contributed by atoms with E-state index in [0.717, 1.165) is 16.8 Å². The van der Waals surface area contributed by atoms with Crippen LogP contribution in [0.5, 0.6) is 0 Å². The molecule has 20 heavy (non-hydrogen) atoms. The van der Waals surface area contributed by atoms with E-state index in [1.54, 1.807) is 6.08 Å². The molecule has 1 aliphatic heterocycles.